The van der Waals surface area contributed by atoms with Gasteiger partial charge in [-0.25, -0.2) is 4.79 Å². The summed E-state index contributed by atoms with van der Waals surface area (Å²) in [4.78, 5) is 38.7. The topological polar surface area (TPSA) is 118 Å². The van der Waals surface area contributed by atoms with Crippen molar-refractivity contribution in [3.05, 3.63) is 6.42 Å². The van der Waals surface area contributed by atoms with Crippen LogP contribution in [0.4, 0.5) is 0 Å². The molecule has 1 saturated heterocycles. The molecule has 2 amide bonds. The third-order valence-electron chi connectivity index (χ3n) is 2.69. The summed E-state index contributed by atoms with van der Waals surface area (Å²) in [7, 11) is -4.67. The zero-order valence-corrected chi connectivity index (χ0v) is 16.6. The van der Waals surface area contributed by atoms with Gasteiger partial charge in [0.25, 0.3) is 10.1 Å². The SMILES string of the molecule is CC(C)CCC(C(=O)ON1C(=O)[CH-]CC1=O)S(=O)(=O)O.[U]. The average molecular weight is 544 g/mol. The van der Waals surface area contributed by atoms with Gasteiger partial charge in [-0.15, -0.1) is 5.06 Å². The molecule has 8 nitrogen and oxygen atoms in total. The Morgan fingerprint density at radius 1 is 1.38 bits per heavy atom. The van der Waals surface area contributed by atoms with Crippen molar-refractivity contribution in [3.63, 3.8) is 0 Å². The number of rotatable bonds is 6. The van der Waals surface area contributed by atoms with Crippen LogP contribution in [0, 0.1) is 43.5 Å². The van der Waals surface area contributed by atoms with Crippen molar-refractivity contribution in [2.75, 3.05) is 0 Å². The molecule has 0 aromatic carbocycles. The van der Waals surface area contributed by atoms with Crippen molar-refractivity contribution in [3.8, 4) is 0 Å². The van der Waals surface area contributed by atoms with Gasteiger partial charge in [0.2, 0.25) is 5.91 Å². The van der Waals surface area contributed by atoms with Crippen LogP contribution in [-0.4, -0.2) is 41.1 Å². The largest absolute Gasteiger partial charge is 0.353 e. The van der Waals surface area contributed by atoms with Crippen molar-refractivity contribution < 1.29 is 63.3 Å². The van der Waals surface area contributed by atoms with E-state index in [0.29, 0.717) is 6.42 Å². The van der Waals surface area contributed by atoms with Gasteiger partial charge in [0.1, 0.15) is 5.91 Å². The third kappa shape index (κ3) is 5.98. The molecule has 1 aliphatic heterocycles. The Kier molecular flexibility index (Phi) is 7.96. The Bertz CT molecular complexity index is 501. The van der Waals surface area contributed by atoms with Gasteiger partial charge in [-0.1, -0.05) is 20.3 Å². The Morgan fingerprint density at radius 3 is 2.33 bits per heavy atom. The predicted molar refractivity (Wildman–Crippen MR) is 66.3 cm³/mol. The van der Waals surface area contributed by atoms with Crippen molar-refractivity contribution in [2.45, 2.75) is 38.4 Å². The van der Waals surface area contributed by atoms with Gasteiger partial charge >= 0.3 is 5.97 Å². The van der Waals surface area contributed by atoms with E-state index in [1.165, 1.54) is 0 Å². The summed E-state index contributed by atoms with van der Waals surface area (Å²) < 4.78 is 31.4. The molecule has 0 aliphatic carbocycles. The smallest absolute Gasteiger partial charge is 0.331 e. The Morgan fingerprint density at radius 2 is 1.95 bits per heavy atom. The maximum absolute atomic E-state index is 11.7. The molecule has 0 saturated carbocycles. The average Bonchev–Trinajstić information content (AvgIpc) is 2.58. The quantitative estimate of drug-likeness (QED) is 0.287. The summed E-state index contributed by atoms with van der Waals surface area (Å²) in [5.41, 5.74) is 0. The van der Waals surface area contributed by atoms with E-state index in [4.69, 9.17) is 4.55 Å². The maximum atomic E-state index is 11.7. The van der Waals surface area contributed by atoms with Gasteiger partial charge in [-0.2, -0.15) is 8.42 Å². The van der Waals surface area contributed by atoms with Crippen LogP contribution in [0.3, 0.4) is 0 Å². The van der Waals surface area contributed by atoms with Crippen LogP contribution >= 0.6 is 0 Å². The monoisotopic (exact) mass is 544 g/mol. The summed E-state index contributed by atoms with van der Waals surface area (Å²) in [6.45, 7) is 3.63. The minimum Gasteiger partial charge on any atom is -0.331 e. The normalized spacial score (nSPS) is 16.5. The van der Waals surface area contributed by atoms with Crippen LogP contribution in [0.1, 0.15) is 33.1 Å². The molecule has 1 unspecified atom stereocenters. The van der Waals surface area contributed by atoms with E-state index in [9.17, 15) is 22.8 Å². The van der Waals surface area contributed by atoms with Crippen LogP contribution < -0.4 is 0 Å². The van der Waals surface area contributed by atoms with Gasteiger partial charge in [0.05, 0.1) is 0 Å². The molecule has 1 heterocycles. The second-order valence-corrected chi connectivity index (χ2v) is 6.42. The van der Waals surface area contributed by atoms with Crippen molar-refractivity contribution >= 4 is 27.9 Å². The Labute approximate surface area is 146 Å². The van der Waals surface area contributed by atoms with Crippen LogP contribution in [0.2, 0.25) is 0 Å². The number of imide groups is 1. The molecule has 1 N–H and O–H groups in total. The summed E-state index contributed by atoms with van der Waals surface area (Å²) >= 11 is 0. The third-order valence-corrected chi connectivity index (χ3v) is 3.84. The number of nitrogens with zero attached hydrogens (tertiary/aromatic N) is 1. The van der Waals surface area contributed by atoms with Gasteiger partial charge in [0, 0.05) is 31.1 Å². The minimum absolute atomic E-state index is 0. The molecule has 0 radical (unpaired) electrons. The molecule has 1 rings (SSSR count). The van der Waals surface area contributed by atoms with E-state index in [1.807, 2.05) is 13.8 Å². The summed E-state index contributed by atoms with van der Waals surface area (Å²) in [6.07, 6.45) is 0.990. The van der Waals surface area contributed by atoms with Crippen molar-refractivity contribution in [2.24, 2.45) is 5.92 Å². The van der Waals surface area contributed by atoms with Crippen molar-refractivity contribution in [1.29, 1.82) is 0 Å². The van der Waals surface area contributed by atoms with Gasteiger partial charge in [0.15, 0.2) is 5.25 Å². The zero-order valence-electron chi connectivity index (χ0n) is 11.6. The number of hydrogen-bond donors (Lipinski definition) is 1. The van der Waals surface area contributed by atoms with E-state index in [2.05, 4.69) is 4.84 Å². The molecule has 1 atom stereocenters. The molecule has 0 aromatic rings. The van der Waals surface area contributed by atoms with E-state index in [0.717, 1.165) is 6.42 Å². The van der Waals surface area contributed by atoms with E-state index < -0.39 is 33.2 Å². The summed E-state index contributed by atoms with van der Waals surface area (Å²) in [5, 5.41) is -1.61. The first kappa shape index (κ1) is 20.4. The standard InChI is InChI=1S/C11H16NO7S.U/c1-7(2)3-4-8(20(16,17)18)11(15)19-12-9(13)5-6-10(12)14;/h5,7-8H,3-4,6H2,1-2H3,(H,16,17,18);/q-1;. The van der Waals surface area contributed by atoms with Crippen LogP contribution in [0.15, 0.2) is 0 Å². The number of carbonyl (C=O) groups excluding carboxylic acids is 3. The van der Waals surface area contributed by atoms with Crippen LogP contribution in [-0.2, 0) is 29.3 Å². The van der Waals surface area contributed by atoms with E-state index >= 15 is 0 Å². The van der Waals surface area contributed by atoms with Gasteiger partial charge in [-0.05, 0) is 18.8 Å². The molecule has 21 heavy (non-hydrogen) atoms. The van der Waals surface area contributed by atoms with Gasteiger partial charge < -0.3 is 9.63 Å². The zero-order chi connectivity index (χ0) is 15.5. The molecule has 0 bridgehead atoms. The molecule has 1 fully saturated rings. The van der Waals surface area contributed by atoms with Crippen molar-refractivity contribution in [1.82, 2.24) is 5.06 Å². The molecular formula is C11H16NO7SU-. The first-order valence-electron chi connectivity index (χ1n) is 6.01. The first-order valence-corrected chi connectivity index (χ1v) is 7.51. The molecule has 10 heteroatoms. The summed E-state index contributed by atoms with van der Waals surface area (Å²) in [6, 6.07) is 0. The van der Waals surface area contributed by atoms with Crippen LogP contribution in [0.25, 0.3) is 0 Å². The Hall–Kier alpha value is -0.558. The number of amides is 2. The van der Waals surface area contributed by atoms with E-state index in [1.54, 1.807) is 0 Å². The molecule has 118 valence electrons. The predicted octanol–water partition coefficient (Wildman–Crippen LogP) is 0.100. The minimum atomic E-state index is -4.67. The Balaban J connectivity index is 0.00000400. The second kappa shape index (κ2) is 8.17. The molecular weight excluding hydrogens is 528 g/mol. The van der Waals surface area contributed by atoms with Gasteiger partial charge in [-0.3, -0.25) is 15.8 Å². The number of carbonyl (C=O) groups is 3. The summed E-state index contributed by atoms with van der Waals surface area (Å²) in [5.74, 6) is -2.83. The fraction of sp³-hybridized carbons (Fsp3) is 0.636. The fourth-order valence-corrected chi connectivity index (χ4v) is 2.30. The molecule has 1 aliphatic rings. The number of hydrogen-bond acceptors (Lipinski definition) is 6. The molecule has 0 aromatic heterocycles. The fourth-order valence-electron chi connectivity index (χ4n) is 1.58. The van der Waals surface area contributed by atoms with Crippen LogP contribution in [0.5, 0.6) is 0 Å². The second-order valence-electron chi connectivity index (χ2n) is 4.82. The number of hydroxylamine groups is 2. The maximum Gasteiger partial charge on any atom is 0.353 e. The first-order chi connectivity index (χ1) is 9.12. The van der Waals surface area contributed by atoms with E-state index in [-0.39, 0.29) is 54.9 Å². The molecule has 0 spiro atoms.